The number of aliphatic hydroxyl groups excluding tert-OH is 1. The van der Waals surface area contributed by atoms with Gasteiger partial charge in [-0.05, 0) is 39.5 Å². The summed E-state index contributed by atoms with van der Waals surface area (Å²) in [5.74, 6) is 0.170. The summed E-state index contributed by atoms with van der Waals surface area (Å²) in [5, 5.41) is 20.6. The Hall–Kier alpha value is -1.00. The highest BCUT2D eigenvalue weighted by atomic mass is 16.3. The van der Waals surface area contributed by atoms with E-state index in [1.807, 2.05) is 19.1 Å². The SMILES string of the molecule is CCCC[C@](C)(O)C/C=C/[C@H]1[C@H](O)CC(=O)[C@@H]1CCCCCCC(C)=O. The quantitative estimate of drug-likeness (QED) is 0.375. The molecule has 0 amide bonds. The Kier molecular flexibility index (Phi) is 10.3. The Morgan fingerprint density at radius 1 is 1.23 bits per heavy atom. The van der Waals surface area contributed by atoms with E-state index >= 15 is 0 Å². The molecule has 4 atom stereocenters. The van der Waals surface area contributed by atoms with Crippen LogP contribution in [0.2, 0.25) is 0 Å². The molecule has 0 heterocycles. The standard InChI is InChI=1S/C22H38O4/c1-4-5-14-22(3,26)15-10-13-19-18(20(24)16-21(19)25)12-9-7-6-8-11-17(2)23/h10,13,18-19,21,25-26H,4-9,11-12,14-16H2,1-3H3/b13-10+/t18-,19-,21-,22+/m1/s1. The first-order chi connectivity index (χ1) is 12.3. The van der Waals surface area contributed by atoms with Crippen molar-refractivity contribution < 1.29 is 19.8 Å². The molecule has 0 aromatic carbocycles. The molecule has 0 aliphatic heterocycles. The second-order valence-electron chi connectivity index (χ2n) is 8.31. The van der Waals surface area contributed by atoms with Gasteiger partial charge >= 0.3 is 0 Å². The van der Waals surface area contributed by atoms with Gasteiger partial charge in [-0.1, -0.05) is 51.2 Å². The molecule has 4 nitrogen and oxygen atoms in total. The van der Waals surface area contributed by atoms with E-state index in [-0.39, 0.29) is 29.8 Å². The third-order valence-electron chi connectivity index (χ3n) is 5.51. The Balaban J connectivity index is 2.44. The van der Waals surface area contributed by atoms with Gasteiger partial charge in [-0.25, -0.2) is 0 Å². The van der Waals surface area contributed by atoms with E-state index in [0.717, 1.165) is 51.4 Å². The van der Waals surface area contributed by atoms with Crippen LogP contribution in [0.25, 0.3) is 0 Å². The molecular weight excluding hydrogens is 328 g/mol. The summed E-state index contributed by atoms with van der Waals surface area (Å²) < 4.78 is 0. The van der Waals surface area contributed by atoms with Gasteiger partial charge in [0.15, 0.2) is 0 Å². The molecule has 0 radical (unpaired) electrons. The summed E-state index contributed by atoms with van der Waals surface area (Å²) in [4.78, 5) is 23.2. The van der Waals surface area contributed by atoms with Crippen molar-refractivity contribution in [2.24, 2.45) is 11.8 Å². The number of rotatable bonds is 13. The number of hydrogen-bond donors (Lipinski definition) is 2. The Morgan fingerprint density at radius 2 is 1.92 bits per heavy atom. The smallest absolute Gasteiger partial charge is 0.139 e. The minimum Gasteiger partial charge on any atom is -0.392 e. The van der Waals surface area contributed by atoms with Crippen molar-refractivity contribution in [3.63, 3.8) is 0 Å². The lowest BCUT2D eigenvalue weighted by Crippen LogP contribution is -2.23. The molecule has 1 saturated carbocycles. The van der Waals surface area contributed by atoms with Crippen LogP contribution in [0.4, 0.5) is 0 Å². The number of carbonyl (C=O) groups is 2. The average Bonchev–Trinajstić information content (AvgIpc) is 2.82. The van der Waals surface area contributed by atoms with E-state index in [2.05, 4.69) is 6.92 Å². The Bertz CT molecular complexity index is 467. The maximum Gasteiger partial charge on any atom is 0.139 e. The fraction of sp³-hybridized carbons (Fsp3) is 0.818. The van der Waals surface area contributed by atoms with Crippen LogP contribution in [-0.2, 0) is 9.59 Å². The van der Waals surface area contributed by atoms with Gasteiger partial charge in [0.05, 0.1) is 11.7 Å². The predicted molar refractivity (Wildman–Crippen MR) is 105 cm³/mol. The first-order valence-corrected chi connectivity index (χ1v) is 10.4. The molecule has 0 bridgehead atoms. The van der Waals surface area contributed by atoms with Gasteiger partial charge in [0.2, 0.25) is 0 Å². The van der Waals surface area contributed by atoms with Gasteiger partial charge in [0, 0.05) is 24.7 Å². The number of ketones is 2. The molecule has 1 fully saturated rings. The topological polar surface area (TPSA) is 74.6 Å². The summed E-state index contributed by atoms with van der Waals surface area (Å²) in [5.41, 5.74) is -0.716. The maximum absolute atomic E-state index is 12.2. The van der Waals surface area contributed by atoms with E-state index in [0.29, 0.717) is 12.8 Å². The second-order valence-corrected chi connectivity index (χ2v) is 8.31. The zero-order valence-electron chi connectivity index (χ0n) is 16.9. The fourth-order valence-electron chi connectivity index (χ4n) is 3.82. The van der Waals surface area contributed by atoms with Crippen molar-refractivity contribution in [2.45, 2.75) is 103 Å². The van der Waals surface area contributed by atoms with E-state index in [1.54, 1.807) is 6.92 Å². The predicted octanol–water partition coefficient (Wildman–Crippen LogP) is 4.37. The van der Waals surface area contributed by atoms with Crippen molar-refractivity contribution in [3.05, 3.63) is 12.2 Å². The zero-order chi connectivity index (χ0) is 19.6. The number of carbonyl (C=O) groups excluding carboxylic acids is 2. The first-order valence-electron chi connectivity index (χ1n) is 10.4. The summed E-state index contributed by atoms with van der Waals surface area (Å²) in [6, 6.07) is 0. The highest BCUT2D eigenvalue weighted by molar-refractivity contribution is 5.84. The summed E-state index contributed by atoms with van der Waals surface area (Å²) in [7, 11) is 0. The molecule has 26 heavy (non-hydrogen) atoms. The van der Waals surface area contributed by atoms with E-state index in [1.165, 1.54) is 0 Å². The van der Waals surface area contributed by atoms with Gasteiger partial charge in [-0.2, -0.15) is 0 Å². The number of unbranched alkanes of at least 4 members (excludes halogenated alkanes) is 4. The average molecular weight is 367 g/mol. The molecule has 4 heteroatoms. The van der Waals surface area contributed by atoms with Gasteiger partial charge in [0.1, 0.15) is 11.6 Å². The highest BCUT2D eigenvalue weighted by Gasteiger charge is 2.39. The van der Waals surface area contributed by atoms with Gasteiger partial charge in [-0.3, -0.25) is 4.79 Å². The van der Waals surface area contributed by atoms with Gasteiger partial charge in [-0.15, -0.1) is 0 Å². The van der Waals surface area contributed by atoms with Crippen LogP contribution >= 0.6 is 0 Å². The molecule has 0 saturated heterocycles. The lowest BCUT2D eigenvalue weighted by molar-refractivity contribution is -0.121. The zero-order valence-corrected chi connectivity index (χ0v) is 16.9. The molecular formula is C22H38O4. The van der Waals surface area contributed by atoms with Crippen molar-refractivity contribution >= 4 is 11.6 Å². The summed E-state index contributed by atoms with van der Waals surface area (Å²) in [6.45, 7) is 5.58. The largest absolute Gasteiger partial charge is 0.392 e. The lowest BCUT2D eigenvalue weighted by Gasteiger charge is -2.22. The second kappa shape index (κ2) is 11.7. The molecule has 0 aromatic rings. The monoisotopic (exact) mass is 366 g/mol. The summed E-state index contributed by atoms with van der Waals surface area (Å²) >= 11 is 0. The molecule has 0 aromatic heterocycles. The van der Waals surface area contributed by atoms with Crippen LogP contribution in [0.3, 0.4) is 0 Å². The van der Waals surface area contributed by atoms with Crippen molar-refractivity contribution in [2.75, 3.05) is 0 Å². The van der Waals surface area contributed by atoms with Crippen LogP contribution < -0.4 is 0 Å². The van der Waals surface area contributed by atoms with E-state index < -0.39 is 11.7 Å². The van der Waals surface area contributed by atoms with Crippen LogP contribution in [0.15, 0.2) is 12.2 Å². The third-order valence-corrected chi connectivity index (χ3v) is 5.51. The van der Waals surface area contributed by atoms with Crippen molar-refractivity contribution in [1.82, 2.24) is 0 Å². The molecule has 2 N–H and O–H groups in total. The van der Waals surface area contributed by atoms with Crippen LogP contribution in [0.1, 0.15) is 91.4 Å². The normalized spacial score (nSPS) is 25.7. The Morgan fingerprint density at radius 3 is 2.58 bits per heavy atom. The van der Waals surface area contributed by atoms with Gasteiger partial charge in [0.25, 0.3) is 0 Å². The molecule has 0 spiro atoms. The molecule has 1 rings (SSSR count). The lowest BCUT2D eigenvalue weighted by atomic mass is 9.87. The van der Waals surface area contributed by atoms with Crippen LogP contribution in [0.5, 0.6) is 0 Å². The minimum atomic E-state index is -0.716. The van der Waals surface area contributed by atoms with Crippen LogP contribution in [-0.4, -0.2) is 33.5 Å². The molecule has 1 aliphatic carbocycles. The fourth-order valence-corrected chi connectivity index (χ4v) is 3.82. The third kappa shape index (κ3) is 8.59. The Labute approximate surface area is 159 Å². The van der Waals surface area contributed by atoms with Gasteiger partial charge < -0.3 is 15.0 Å². The first kappa shape index (κ1) is 23.0. The molecule has 0 unspecified atom stereocenters. The maximum atomic E-state index is 12.2. The van der Waals surface area contributed by atoms with Crippen molar-refractivity contribution in [3.8, 4) is 0 Å². The number of Topliss-reactive ketones (excluding diaryl/α,β-unsaturated/α-hetero) is 2. The minimum absolute atomic E-state index is 0.102. The molecule has 150 valence electrons. The summed E-state index contributed by atoms with van der Waals surface area (Å²) in [6.07, 6.45) is 12.3. The van der Waals surface area contributed by atoms with Crippen LogP contribution in [0, 0.1) is 11.8 Å². The molecule has 1 aliphatic rings. The highest BCUT2D eigenvalue weighted by Crippen LogP contribution is 2.34. The van der Waals surface area contributed by atoms with E-state index in [4.69, 9.17) is 0 Å². The van der Waals surface area contributed by atoms with Crippen molar-refractivity contribution in [1.29, 1.82) is 0 Å². The number of hydrogen-bond acceptors (Lipinski definition) is 4. The number of aliphatic hydroxyl groups is 2. The van der Waals surface area contributed by atoms with E-state index in [9.17, 15) is 19.8 Å².